The third-order valence-corrected chi connectivity index (χ3v) is 7.28. The molecule has 2 fully saturated rings. The van der Waals surface area contributed by atoms with Crippen molar-refractivity contribution >= 4 is 11.4 Å². The number of hydrogen-bond acceptors (Lipinski definition) is 5. The standard InChI is InChI=1S/C29H33F3N4O/c1-19-13-20(2)18-36(17-19)27-7-8-33-16-21(27)3-4-22-5-6-24(30)29(34-22)28-25(31)14-23(15-26(28)32)35-9-11-37-12-10-35/h5-8,14-16,19-20H,3-4,9-13,17-18H2,1-2H3/t19-,20+. The summed E-state index contributed by atoms with van der Waals surface area (Å²) >= 11 is 0. The first-order chi connectivity index (χ1) is 17.9. The number of ether oxygens (including phenoxy) is 1. The van der Waals surface area contributed by atoms with Crippen LogP contribution in [0.3, 0.4) is 0 Å². The molecule has 0 N–H and O–H groups in total. The maximum absolute atomic E-state index is 15.1. The van der Waals surface area contributed by atoms with Gasteiger partial charge < -0.3 is 14.5 Å². The van der Waals surface area contributed by atoms with E-state index in [9.17, 15) is 4.39 Å². The molecular weight excluding hydrogens is 477 g/mol. The predicted molar refractivity (Wildman–Crippen MR) is 139 cm³/mol. The van der Waals surface area contributed by atoms with Crippen LogP contribution in [-0.4, -0.2) is 49.4 Å². The fourth-order valence-electron chi connectivity index (χ4n) is 5.63. The summed E-state index contributed by atoms with van der Waals surface area (Å²) in [6.45, 7) is 8.64. The number of rotatable bonds is 6. The monoisotopic (exact) mass is 510 g/mol. The van der Waals surface area contributed by atoms with Crippen molar-refractivity contribution in [1.82, 2.24) is 9.97 Å². The zero-order chi connectivity index (χ0) is 25.9. The second-order valence-electron chi connectivity index (χ2n) is 10.4. The molecule has 0 bridgehead atoms. The van der Waals surface area contributed by atoms with Crippen molar-refractivity contribution in [3.8, 4) is 11.3 Å². The summed E-state index contributed by atoms with van der Waals surface area (Å²) in [5.41, 5.74) is 2.50. The summed E-state index contributed by atoms with van der Waals surface area (Å²) in [4.78, 5) is 13.0. The number of piperidine rings is 1. The van der Waals surface area contributed by atoms with Gasteiger partial charge in [-0.1, -0.05) is 13.8 Å². The number of anilines is 2. The van der Waals surface area contributed by atoms with E-state index in [-0.39, 0.29) is 5.69 Å². The molecule has 37 heavy (non-hydrogen) atoms. The second kappa shape index (κ2) is 11.1. The highest BCUT2D eigenvalue weighted by Gasteiger charge is 2.24. The number of nitrogens with zero attached hydrogens (tertiary/aromatic N) is 4. The minimum atomic E-state index is -0.826. The minimum absolute atomic E-state index is 0.300. The highest BCUT2D eigenvalue weighted by atomic mass is 19.1. The first-order valence-electron chi connectivity index (χ1n) is 13.0. The SMILES string of the molecule is C[C@@H]1C[C@H](C)CN(c2ccncc2CCc2ccc(F)c(-c3c(F)cc(N4CCOCC4)cc3F)n2)C1. The number of hydrogen-bond donors (Lipinski definition) is 0. The van der Waals surface area contributed by atoms with Gasteiger partial charge in [-0.05, 0) is 67.0 Å². The Balaban J connectivity index is 1.37. The van der Waals surface area contributed by atoms with E-state index in [4.69, 9.17) is 4.74 Å². The van der Waals surface area contributed by atoms with Gasteiger partial charge in [0, 0.05) is 55.6 Å². The van der Waals surface area contributed by atoms with Gasteiger partial charge in [0.1, 0.15) is 23.1 Å². The van der Waals surface area contributed by atoms with Crippen molar-refractivity contribution in [3.05, 3.63) is 71.4 Å². The van der Waals surface area contributed by atoms with Crippen molar-refractivity contribution in [1.29, 1.82) is 0 Å². The molecule has 0 aliphatic carbocycles. The lowest BCUT2D eigenvalue weighted by Gasteiger charge is -2.37. The van der Waals surface area contributed by atoms with Crippen LogP contribution in [0.1, 0.15) is 31.5 Å². The van der Waals surface area contributed by atoms with Crippen molar-refractivity contribution in [2.45, 2.75) is 33.1 Å². The molecule has 0 spiro atoms. The Morgan fingerprint density at radius 3 is 2.30 bits per heavy atom. The quantitative estimate of drug-likeness (QED) is 0.428. The third-order valence-electron chi connectivity index (χ3n) is 7.28. The van der Waals surface area contributed by atoms with Gasteiger partial charge in [0.2, 0.25) is 0 Å². The van der Waals surface area contributed by atoms with Gasteiger partial charge in [0.25, 0.3) is 0 Å². The van der Waals surface area contributed by atoms with E-state index in [2.05, 4.69) is 28.7 Å². The number of halogens is 3. The summed E-state index contributed by atoms with van der Waals surface area (Å²) in [7, 11) is 0. The van der Waals surface area contributed by atoms with Gasteiger partial charge in [-0.25, -0.2) is 18.2 Å². The Labute approximate surface area is 216 Å². The largest absolute Gasteiger partial charge is 0.378 e. The van der Waals surface area contributed by atoms with Crippen LogP contribution >= 0.6 is 0 Å². The highest BCUT2D eigenvalue weighted by Crippen LogP contribution is 2.32. The van der Waals surface area contributed by atoms with Crippen molar-refractivity contribution < 1.29 is 17.9 Å². The van der Waals surface area contributed by atoms with Gasteiger partial charge in [-0.15, -0.1) is 0 Å². The number of morpholine rings is 1. The molecule has 0 amide bonds. The Bertz CT molecular complexity index is 1210. The normalized spacial score (nSPS) is 20.4. The van der Waals surface area contributed by atoms with E-state index < -0.39 is 23.0 Å². The van der Waals surface area contributed by atoms with E-state index in [1.54, 1.807) is 6.07 Å². The fraction of sp³-hybridized carbons (Fsp3) is 0.448. The van der Waals surface area contributed by atoms with E-state index in [1.807, 2.05) is 23.4 Å². The van der Waals surface area contributed by atoms with E-state index in [0.717, 1.165) is 24.3 Å². The molecule has 8 heteroatoms. The van der Waals surface area contributed by atoms with Crippen molar-refractivity contribution in [3.63, 3.8) is 0 Å². The summed E-state index contributed by atoms with van der Waals surface area (Å²) in [5.74, 6) is -1.17. The third kappa shape index (κ3) is 5.74. The number of aromatic nitrogens is 2. The predicted octanol–water partition coefficient (Wildman–Crippen LogP) is 5.67. The van der Waals surface area contributed by atoms with Crippen molar-refractivity contribution in [2.75, 3.05) is 49.2 Å². The van der Waals surface area contributed by atoms with Crippen LogP contribution in [-0.2, 0) is 17.6 Å². The minimum Gasteiger partial charge on any atom is -0.378 e. The fourth-order valence-corrected chi connectivity index (χ4v) is 5.63. The van der Waals surface area contributed by atoms with Crippen LogP contribution in [0.15, 0.2) is 42.7 Å². The summed E-state index contributed by atoms with van der Waals surface area (Å²) in [5, 5.41) is 0. The first kappa shape index (κ1) is 25.5. The molecule has 2 saturated heterocycles. The van der Waals surface area contributed by atoms with Gasteiger partial charge in [0.05, 0.1) is 18.8 Å². The molecule has 5 rings (SSSR count). The summed E-state index contributed by atoms with van der Waals surface area (Å²) in [6.07, 6.45) is 6.04. The molecule has 4 heterocycles. The molecule has 0 unspecified atom stereocenters. The van der Waals surface area contributed by atoms with Crippen LogP contribution in [0.4, 0.5) is 24.5 Å². The maximum Gasteiger partial charge on any atom is 0.149 e. The highest BCUT2D eigenvalue weighted by molar-refractivity contribution is 5.66. The smallest absolute Gasteiger partial charge is 0.149 e. The Hall–Kier alpha value is -3.13. The average Bonchev–Trinajstić information content (AvgIpc) is 2.88. The van der Waals surface area contributed by atoms with E-state index in [1.165, 1.54) is 24.6 Å². The molecule has 0 saturated carbocycles. The van der Waals surface area contributed by atoms with Crippen LogP contribution in [0, 0.1) is 29.3 Å². The van der Waals surface area contributed by atoms with Gasteiger partial charge in [-0.2, -0.15) is 0 Å². The average molecular weight is 511 g/mol. The molecule has 196 valence electrons. The molecule has 3 aromatic rings. The number of aryl methyl sites for hydroxylation is 2. The zero-order valence-corrected chi connectivity index (χ0v) is 21.4. The molecular formula is C29H33F3N4O. The zero-order valence-electron chi connectivity index (χ0n) is 21.4. The first-order valence-corrected chi connectivity index (χ1v) is 13.0. The van der Waals surface area contributed by atoms with Crippen LogP contribution < -0.4 is 9.80 Å². The van der Waals surface area contributed by atoms with E-state index >= 15 is 8.78 Å². The molecule has 2 atom stereocenters. The summed E-state index contributed by atoms with van der Waals surface area (Å²) < 4.78 is 50.3. The van der Waals surface area contributed by atoms with Crippen LogP contribution in [0.25, 0.3) is 11.3 Å². The number of benzene rings is 1. The molecule has 5 nitrogen and oxygen atoms in total. The van der Waals surface area contributed by atoms with Crippen LogP contribution in [0.5, 0.6) is 0 Å². The maximum atomic E-state index is 15.1. The Morgan fingerprint density at radius 2 is 1.59 bits per heavy atom. The molecule has 2 aliphatic rings. The topological polar surface area (TPSA) is 41.5 Å². The lowest BCUT2D eigenvalue weighted by Crippen LogP contribution is -2.39. The number of pyridine rings is 2. The molecule has 1 aromatic carbocycles. The van der Waals surface area contributed by atoms with Gasteiger partial charge in [-0.3, -0.25) is 4.98 Å². The lowest BCUT2D eigenvalue weighted by atomic mass is 9.91. The Morgan fingerprint density at radius 1 is 0.892 bits per heavy atom. The van der Waals surface area contributed by atoms with Gasteiger partial charge >= 0.3 is 0 Å². The van der Waals surface area contributed by atoms with E-state index in [0.29, 0.717) is 62.4 Å². The summed E-state index contributed by atoms with van der Waals surface area (Å²) in [6, 6.07) is 7.37. The Kier molecular flexibility index (Phi) is 7.65. The molecule has 2 aromatic heterocycles. The molecule has 2 aliphatic heterocycles. The lowest BCUT2D eigenvalue weighted by molar-refractivity contribution is 0.122. The van der Waals surface area contributed by atoms with Gasteiger partial charge in [0.15, 0.2) is 0 Å². The van der Waals surface area contributed by atoms with Crippen LogP contribution in [0.2, 0.25) is 0 Å². The second-order valence-corrected chi connectivity index (χ2v) is 10.4. The van der Waals surface area contributed by atoms with Crippen molar-refractivity contribution in [2.24, 2.45) is 11.8 Å². The molecule has 0 radical (unpaired) electrons.